The van der Waals surface area contributed by atoms with E-state index in [1.54, 1.807) is 12.1 Å². The van der Waals surface area contributed by atoms with Gasteiger partial charge in [-0.3, -0.25) is 4.79 Å². The third kappa shape index (κ3) is 1.36. The summed E-state index contributed by atoms with van der Waals surface area (Å²) in [6.07, 6.45) is 1.90. The van der Waals surface area contributed by atoms with Gasteiger partial charge in [0, 0.05) is 6.54 Å². The highest BCUT2D eigenvalue weighted by atomic mass is 35.5. The molecule has 1 aromatic heterocycles. The first-order valence-corrected chi connectivity index (χ1v) is 5.29. The van der Waals surface area contributed by atoms with Gasteiger partial charge in [0.2, 0.25) is 5.91 Å². The zero-order valence-corrected chi connectivity index (χ0v) is 8.77. The number of carbonyl (C=O) groups is 1. The molecule has 3 rings (SSSR count). The SMILES string of the molecule is O=C1Nc2ccc(Cl)nc2NCC12CC2. The van der Waals surface area contributed by atoms with Gasteiger partial charge in [0.05, 0.1) is 11.1 Å². The number of fused-ring (bicyclic) bond motifs is 1. The third-order valence-electron chi connectivity index (χ3n) is 3.04. The summed E-state index contributed by atoms with van der Waals surface area (Å²) >= 11 is 5.79. The van der Waals surface area contributed by atoms with Crippen molar-refractivity contribution < 1.29 is 4.79 Å². The topological polar surface area (TPSA) is 54.0 Å². The lowest BCUT2D eigenvalue weighted by molar-refractivity contribution is -0.120. The molecular weight excluding hydrogens is 214 g/mol. The molecule has 1 aromatic rings. The smallest absolute Gasteiger partial charge is 0.232 e. The second-order valence-corrected chi connectivity index (χ2v) is 4.51. The zero-order valence-electron chi connectivity index (χ0n) is 8.01. The van der Waals surface area contributed by atoms with Crippen LogP contribution in [0.5, 0.6) is 0 Å². The van der Waals surface area contributed by atoms with E-state index in [-0.39, 0.29) is 11.3 Å². The van der Waals surface area contributed by atoms with Crippen molar-refractivity contribution in [3.63, 3.8) is 0 Å². The normalized spacial score (nSPS) is 21.3. The van der Waals surface area contributed by atoms with Crippen molar-refractivity contribution in [3.05, 3.63) is 17.3 Å². The van der Waals surface area contributed by atoms with Crippen molar-refractivity contribution >= 4 is 29.0 Å². The molecule has 2 heterocycles. The van der Waals surface area contributed by atoms with E-state index in [9.17, 15) is 4.79 Å². The summed E-state index contributed by atoms with van der Waals surface area (Å²) in [6, 6.07) is 3.45. The molecule has 15 heavy (non-hydrogen) atoms. The van der Waals surface area contributed by atoms with Crippen LogP contribution in [0, 0.1) is 5.41 Å². The molecule has 1 aliphatic carbocycles. The van der Waals surface area contributed by atoms with Crippen LogP contribution >= 0.6 is 11.6 Å². The predicted octanol–water partition coefficient (Wildman–Crippen LogP) is 1.88. The Hall–Kier alpha value is -1.29. The maximum Gasteiger partial charge on any atom is 0.232 e. The summed E-state index contributed by atoms with van der Waals surface area (Å²) in [7, 11) is 0. The van der Waals surface area contributed by atoms with Gasteiger partial charge >= 0.3 is 0 Å². The summed E-state index contributed by atoms with van der Waals surface area (Å²) in [4.78, 5) is 16.0. The second-order valence-electron chi connectivity index (χ2n) is 4.12. The van der Waals surface area contributed by atoms with E-state index < -0.39 is 0 Å². The number of hydrogen-bond donors (Lipinski definition) is 2. The molecular formula is C10H10ClN3O. The Kier molecular flexibility index (Phi) is 1.71. The van der Waals surface area contributed by atoms with Crippen molar-refractivity contribution in [2.24, 2.45) is 5.41 Å². The molecule has 2 aliphatic rings. The Morgan fingerprint density at radius 2 is 2.20 bits per heavy atom. The molecule has 1 amide bonds. The molecule has 0 unspecified atom stereocenters. The minimum absolute atomic E-state index is 0.0953. The van der Waals surface area contributed by atoms with Crippen LogP contribution in [0.4, 0.5) is 11.5 Å². The number of anilines is 2. The Balaban J connectivity index is 2.00. The number of nitrogens with one attached hydrogen (secondary N) is 2. The number of hydrogen-bond acceptors (Lipinski definition) is 3. The Bertz CT molecular complexity index is 442. The molecule has 1 aliphatic heterocycles. The highest BCUT2D eigenvalue weighted by Gasteiger charge is 2.50. The van der Waals surface area contributed by atoms with Gasteiger partial charge in [0.15, 0.2) is 5.82 Å². The van der Waals surface area contributed by atoms with Crippen molar-refractivity contribution in [1.82, 2.24) is 4.98 Å². The van der Waals surface area contributed by atoms with Gasteiger partial charge in [-0.05, 0) is 25.0 Å². The molecule has 1 saturated carbocycles. The number of carbonyl (C=O) groups excluding carboxylic acids is 1. The predicted molar refractivity (Wildman–Crippen MR) is 58.0 cm³/mol. The third-order valence-corrected chi connectivity index (χ3v) is 3.25. The van der Waals surface area contributed by atoms with Crippen LogP contribution < -0.4 is 10.6 Å². The Morgan fingerprint density at radius 1 is 1.40 bits per heavy atom. The molecule has 1 fully saturated rings. The fourth-order valence-electron chi connectivity index (χ4n) is 1.81. The first-order chi connectivity index (χ1) is 7.20. The number of amides is 1. The van der Waals surface area contributed by atoms with Crippen molar-refractivity contribution in [3.8, 4) is 0 Å². The average Bonchev–Trinajstić information content (AvgIpc) is 3.00. The van der Waals surface area contributed by atoms with Crippen LogP contribution in [0.2, 0.25) is 5.15 Å². The molecule has 1 spiro atoms. The van der Waals surface area contributed by atoms with E-state index in [0.29, 0.717) is 23.2 Å². The van der Waals surface area contributed by atoms with E-state index in [4.69, 9.17) is 11.6 Å². The molecule has 78 valence electrons. The van der Waals surface area contributed by atoms with Gasteiger partial charge in [-0.15, -0.1) is 0 Å². The molecule has 0 saturated heterocycles. The van der Waals surface area contributed by atoms with Crippen LogP contribution in [0.25, 0.3) is 0 Å². The van der Waals surface area contributed by atoms with Crippen LogP contribution in [0.15, 0.2) is 12.1 Å². The fourth-order valence-corrected chi connectivity index (χ4v) is 1.96. The quantitative estimate of drug-likeness (QED) is 0.661. The number of nitrogens with zero attached hydrogens (tertiary/aromatic N) is 1. The van der Waals surface area contributed by atoms with Crippen LogP contribution in [-0.4, -0.2) is 17.4 Å². The first-order valence-electron chi connectivity index (χ1n) is 4.92. The van der Waals surface area contributed by atoms with Gasteiger partial charge in [0.1, 0.15) is 5.15 Å². The maximum atomic E-state index is 11.8. The number of pyridine rings is 1. The minimum Gasteiger partial charge on any atom is -0.367 e. The Labute approximate surface area is 92.0 Å². The Morgan fingerprint density at radius 3 is 2.93 bits per heavy atom. The summed E-state index contributed by atoms with van der Waals surface area (Å²) in [5.74, 6) is 0.762. The van der Waals surface area contributed by atoms with E-state index in [1.807, 2.05) is 0 Å². The summed E-state index contributed by atoms with van der Waals surface area (Å²) in [5.41, 5.74) is 0.515. The lowest BCUT2D eigenvalue weighted by Crippen LogP contribution is -2.27. The molecule has 5 heteroatoms. The lowest BCUT2D eigenvalue weighted by Gasteiger charge is -2.08. The zero-order chi connectivity index (χ0) is 10.5. The number of halogens is 1. The largest absolute Gasteiger partial charge is 0.367 e. The van der Waals surface area contributed by atoms with Crippen molar-refractivity contribution in [2.75, 3.05) is 17.2 Å². The van der Waals surface area contributed by atoms with Crippen LogP contribution in [-0.2, 0) is 4.79 Å². The van der Waals surface area contributed by atoms with Crippen molar-refractivity contribution in [2.45, 2.75) is 12.8 Å². The van der Waals surface area contributed by atoms with Gasteiger partial charge in [-0.25, -0.2) is 4.98 Å². The number of rotatable bonds is 0. The summed E-state index contributed by atoms with van der Waals surface area (Å²) < 4.78 is 0. The number of aromatic nitrogens is 1. The molecule has 2 N–H and O–H groups in total. The maximum absolute atomic E-state index is 11.8. The van der Waals surface area contributed by atoms with Gasteiger partial charge < -0.3 is 10.6 Å². The highest BCUT2D eigenvalue weighted by Crippen LogP contribution is 2.48. The first kappa shape index (κ1) is 8.97. The second kappa shape index (κ2) is 2.85. The van der Waals surface area contributed by atoms with Gasteiger partial charge in [0.25, 0.3) is 0 Å². The van der Waals surface area contributed by atoms with E-state index in [2.05, 4.69) is 15.6 Å². The highest BCUT2D eigenvalue weighted by molar-refractivity contribution is 6.29. The summed E-state index contributed by atoms with van der Waals surface area (Å²) in [6.45, 7) is 0.652. The summed E-state index contributed by atoms with van der Waals surface area (Å²) in [5, 5.41) is 6.48. The fraction of sp³-hybridized carbons (Fsp3) is 0.400. The molecule has 4 nitrogen and oxygen atoms in total. The molecule has 0 atom stereocenters. The van der Waals surface area contributed by atoms with E-state index >= 15 is 0 Å². The van der Waals surface area contributed by atoms with Crippen LogP contribution in [0.1, 0.15) is 12.8 Å². The monoisotopic (exact) mass is 223 g/mol. The molecule has 0 radical (unpaired) electrons. The van der Waals surface area contributed by atoms with Gasteiger partial charge in [-0.1, -0.05) is 11.6 Å². The average molecular weight is 224 g/mol. The van der Waals surface area contributed by atoms with Crippen LogP contribution in [0.3, 0.4) is 0 Å². The molecule has 0 aromatic carbocycles. The van der Waals surface area contributed by atoms with Crippen molar-refractivity contribution in [1.29, 1.82) is 0 Å². The minimum atomic E-state index is -0.201. The van der Waals surface area contributed by atoms with E-state index in [0.717, 1.165) is 12.8 Å². The van der Waals surface area contributed by atoms with Gasteiger partial charge in [-0.2, -0.15) is 0 Å². The molecule has 0 bridgehead atoms. The lowest BCUT2D eigenvalue weighted by atomic mass is 10.1. The standard InChI is InChI=1S/C10H10ClN3O/c11-7-2-1-6-8(14-7)12-5-10(3-4-10)9(15)13-6/h1-2H,3-5H2,(H,12,14)(H,13,15). The van der Waals surface area contributed by atoms with E-state index in [1.165, 1.54) is 0 Å².